The first-order valence-electron chi connectivity index (χ1n) is 3.70. The van der Waals surface area contributed by atoms with Gasteiger partial charge in [0.15, 0.2) is 0 Å². The van der Waals surface area contributed by atoms with Gasteiger partial charge in [0.05, 0.1) is 6.10 Å². The third kappa shape index (κ3) is 8.39. The van der Waals surface area contributed by atoms with Crippen LogP contribution in [0.4, 0.5) is 0 Å². The van der Waals surface area contributed by atoms with Crippen molar-refractivity contribution in [3.05, 3.63) is 0 Å². The van der Waals surface area contributed by atoms with E-state index in [2.05, 4.69) is 23.3 Å². The Morgan fingerprint density at radius 3 is 1.78 bits per heavy atom. The SMILES string of the molecule is CCCC.POC1CC1. The lowest BCUT2D eigenvalue weighted by Crippen LogP contribution is -1.71. The van der Waals surface area contributed by atoms with Crippen molar-refractivity contribution < 1.29 is 4.52 Å². The van der Waals surface area contributed by atoms with Crippen LogP contribution >= 0.6 is 9.47 Å². The summed E-state index contributed by atoms with van der Waals surface area (Å²) in [7, 11) is 2.26. The smallest absolute Gasteiger partial charge is 0.0612 e. The van der Waals surface area contributed by atoms with Crippen LogP contribution in [0.2, 0.25) is 0 Å². The Kier molecular flexibility index (Phi) is 6.79. The van der Waals surface area contributed by atoms with Crippen LogP contribution in [0.3, 0.4) is 0 Å². The summed E-state index contributed by atoms with van der Waals surface area (Å²) < 4.78 is 4.78. The third-order valence-corrected chi connectivity index (χ3v) is 1.60. The maximum atomic E-state index is 4.78. The number of hydrogen-bond donors (Lipinski definition) is 0. The van der Waals surface area contributed by atoms with Gasteiger partial charge in [0.25, 0.3) is 0 Å². The van der Waals surface area contributed by atoms with Gasteiger partial charge in [0.1, 0.15) is 0 Å². The summed E-state index contributed by atoms with van der Waals surface area (Å²) in [6.07, 6.45) is 5.77. The Morgan fingerprint density at radius 2 is 1.78 bits per heavy atom. The summed E-state index contributed by atoms with van der Waals surface area (Å²) in [5.41, 5.74) is 0. The third-order valence-electron chi connectivity index (χ3n) is 1.22. The normalized spacial score (nSPS) is 16.3. The lowest BCUT2D eigenvalue weighted by atomic mass is 10.4. The first-order valence-corrected chi connectivity index (χ1v) is 4.17. The van der Waals surface area contributed by atoms with E-state index in [4.69, 9.17) is 4.52 Å². The average Bonchev–Trinajstić information content (AvgIpc) is 2.70. The molecule has 56 valence electrons. The van der Waals surface area contributed by atoms with Crippen LogP contribution < -0.4 is 0 Å². The molecule has 1 fully saturated rings. The van der Waals surface area contributed by atoms with Crippen molar-refractivity contribution in [2.24, 2.45) is 0 Å². The minimum Gasteiger partial charge on any atom is -0.362 e. The Bertz CT molecular complexity index is 50.9. The van der Waals surface area contributed by atoms with Gasteiger partial charge < -0.3 is 4.52 Å². The summed E-state index contributed by atoms with van der Waals surface area (Å²) in [5.74, 6) is 0. The van der Waals surface area contributed by atoms with E-state index in [0.717, 1.165) is 0 Å². The lowest BCUT2D eigenvalue weighted by Gasteiger charge is -1.80. The highest BCUT2D eigenvalue weighted by molar-refractivity contribution is 7.09. The molecule has 0 bridgehead atoms. The fraction of sp³-hybridized carbons (Fsp3) is 1.00. The van der Waals surface area contributed by atoms with Gasteiger partial charge in [-0.2, -0.15) is 0 Å². The first-order chi connectivity index (χ1) is 4.35. The van der Waals surface area contributed by atoms with Crippen molar-refractivity contribution in [2.45, 2.75) is 45.6 Å². The fourth-order valence-corrected chi connectivity index (χ4v) is 0.476. The molecule has 0 N–H and O–H groups in total. The Balaban J connectivity index is 0.000000148. The predicted octanol–water partition coefficient (Wildman–Crippen LogP) is 2.76. The highest BCUT2D eigenvalue weighted by Crippen LogP contribution is 2.25. The van der Waals surface area contributed by atoms with E-state index in [1.54, 1.807) is 0 Å². The van der Waals surface area contributed by atoms with Crippen LogP contribution in [0.1, 0.15) is 39.5 Å². The van der Waals surface area contributed by atoms with Crippen LogP contribution in [0.15, 0.2) is 0 Å². The second-order valence-electron chi connectivity index (χ2n) is 2.34. The zero-order valence-corrected chi connectivity index (χ0v) is 7.55. The van der Waals surface area contributed by atoms with E-state index in [-0.39, 0.29) is 0 Å². The zero-order chi connectivity index (χ0) is 7.11. The van der Waals surface area contributed by atoms with Gasteiger partial charge in [-0.3, -0.25) is 0 Å². The molecule has 1 aliphatic carbocycles. The van der Waals surface area contributed by atoms with Gasteiger partial charge in [-0.25, -0.2) is 0 Å². The first kappa shape index (κ1) is 9.39. The molecule has 1 saturated carbocycles. The summed E-state index contributed by atoms with van der Waals surface area (Å²) in [4.78, 5) is 0. The molecule has 0 aromatic heterocycles. The highest BCUT2D eigenvalue weighted by atomic mass is 31.0. The Hall–Kier alpha value is 0.390. The lowest BCUT2D eigenvalue weighted by molar-refractivity contribution is 0.358. The summed E-state index contributed by atoms with van der Waals surface area (Å²) in [6, 6.07) is 0. The molecule has 1 nitrogen and oxygen atoms in total. The molecule has 1 aliphatic rings. The molecule has 2 heteroatoms. The van der Waals surface area contributed by atoms with Crippen LogP contribution in [-0.4, -0.2) is 6.10 Å². The molecular formula is C7H17OP. The second-order valence-corrected chi connectivity index (χ2v) is 2.61. The standard InChI is InChI=1S/C4H10.C3H7OP/c1-3-4-2;5-4-3-1-2-3/h3-4H2,1-2H3;3H,1-2,5H2. The summed E-state index contributed by atoms with van der Waals surface area (Å²) in [6.45, 7) is 4.36. The molecule has 0 spiro atoms. The molecule has 0 aliphatic heterocycles. The quantitative estimate of drug-likeness (QED) is 0.547. The summed E-state index contributed by atoms with van der Waals surface area (Å²) >= 11 is 0. The van der Waals surface area contributed by atoms with Crippen molar-refractivity contribution >= 4 is 9.47 Å². The van der Waals surface area contributed by atoms with E-state index in [1.807, 2.05) is 0 Å². The Morgan fingerprint density at radius 1 is 1.33 bits per heavy atom. The highest BCUT2D eigenvalue weighted by Gasteiger charge is 2.19. The molecule has 0 saturated heterocycles. The van der Waals surface area contributed by atoms with Gasteiger partial charge in [-0.1, -0.05) is 26.7 Å². The van der Waals surface area contributed by atoms with E-state index >= 15 is 0 Å². The van der Waals surface area contributed by atoms with E-state index < -0.39 is 0 Å². The van der Waals surface area contributed by atoms with Crippen LogP contribution in [0.5, 0.6) is 0 Å². The van der Waals surface area contributed by atoms with E-state index in [9.17, 15) is 0 Å². The van der Waals surface area contributed by atoms with Gasteiger partial charge >= 0.3 is 0 Å². The molecule has 1 atom stereocenters. The number of rotatable bonds is 2. The molecule has 0 aromatic carbocycles. The van der Waals surface area contributed by atoms with E-state index in [0.29, 0.717) is 6.10 Å². The van der Waals surface area contributed by atoms with Crippen molar-refractivity contribution in [2.75, 3.05) is 0 Å². The number of unbranched alkanes of at least 4 members (excludes halogenated alkanes) is 1. The average molecular weight is 148 g/mol. The Labute approximate surface area is 60.5 Å². The van der Waals surface area contributed by atoms with Gasteiger partial charge in [-0.15, -0.1) is 0 Å². The molecule has 0 heterocycles. The van der Waals surface area contributed by atoms with Gasteiger partial charge in [0.2, 0.25) is 0 Å². The zero-order valence-electron chi connectivity index (χ0n) is 6.39. The maximum absolute atomic E-state index is 4.78. The monoisotopic (exact) mass is 148 g/mol. The van der Waals surface area contributed by atoms with E-state index in [1.165, 1.54) is 25.7 Å². The molecule has 0 aromatic rings. The molecule has 1 rings (SSSR count). The fourth-order valence-electron chi connectivity index (χ4n) is 0.204. The van der Waals surface area contributed by atoms with Crippen LogP contribution in [0, 0.1) is 0 Å². The predicted molar refractivity (Wildman–Crippen MR) is 44.4 cm³/mol. The van der Waals surface area contributed by atoms with Gasteiger partial charge in [0, 0.05) is 9.47 Å². The maximum Gasteiger partial charge on any atom is 0.0612 e. The van der Waals surface area contributed by atoms with Crippen molar-refractivity contribution in [1.82, 2.24) is 0 Å². The van der Waals surface area contributed by atoms with Crippen molar-refractivity contribution in [3.63, 3.8) is 0 Å². The van der Waals surface area contributed by atoms with Crippen molar-refractivity contribution in [3.8, 4) is 0 Å². The summed E-state index contributed by atoms with van der Waals surface area (Å²) in [5, 5.41) is 0. The minimum absolute atomic E-state index is 0.597. The van der Waals surface area contributed by atoms with Crippen LogP contribution in [-0.2, 0) is 4.52 Å². The molecule has 1 unspecified atom stereocenters. The number of hydrogen-bond acceptors (Lipinski definition) is 1. The molecular weight excluding hydrogens is 131 g/mol. The largest absolute Gasteiger partial charge is 0.362 e. The molecule has 0 radical (unpaired) electrons. The topological polar surface area (TPSA) is 9.23 Å². The van der Waals surface area contributed by atoms with Crippen LogP contribution in [0.25, 0.3) is 0 Å². The minimum atomic E-state index is 0.597. The molecule has 9 heavy (non-hydrogen) atoms. The van der Waals surface area contributed by atoms with Crippen molar-refractivity contribution in [1.29, 1.82) is 0 Å². The second kappa shape index (κ2) is 6.51. The van der Waals surface area contributed by atoms with Gasteiger partial charge in [-0.05, 0) is 12.8 Å². The molecule has 0 amide bonds.